The number of nitrogens with zero attached hydrogens (tertiary/aromatic N) is 4. The second-order valence-electron chi connectivity index (χ2n) is 7.42. The smallest absolute Gasteiger partial charge is 0.332 e. The van der Waals surface area contributed by atoms with Crippen molar-refractivity contribution in [1.82, 2.24) is 19.9 Å². The van der Waals surface area contributed by atoms with Crippen LogP contribution >= 0.6 is 11.6 Å². The second kappa shape index (κ2) is 7.43. The summed E-state index contributed by atoms with van der Waals surface area (Å²) in [5.41, 5.74) is 2.29. The molecule has 1 aromatic heterocycles. The number of aromatic nitrogens is 3. The summed E-state index contributed by atoms with van der Waals surface area (Å²) in [5, 5.41) is 7.86. The molecular weight excluding hydrogens is 417 g/mol. The summed E-state index contributed by atoms with van der Waals surface area (Å²) in [7, 11) is 0. The van der Waals surface area contributed by atoms with E-state index in [0.29, 0.717) is 12.2 Å². The van der Waals surface area contributed by atoms with Crippen molar-refractivity contribution in [3.63, 3.8) is 0 Å². The number of alkyl halides is 3. The lowest BCUT2D eigenvalue weighted by Crippen LogP contribution is -2.38. The van der Waals surface area contributed by atoms with Gasteiger partial charge in [0.2, 0.25) is 0 Å². The highest BCUT2D eigenvalue weighted by molar-refractivity contribution is 6.34. The third kappa shape index (κ3) is 3.56. The van der Waals surface area contributed by atoms with Crippen molar-refractivity contribution in [2.45, 2.75) is 32.5 Å². The van der Waals surface area contributed by atoms with Gasteiger partial charge in [-0.1, -0.05) is 47.5 Å². The first kappa shape index (κ1) is 20.4. The Bertz CT molecular complexity index is 1110. The summed E-state index contributed by atoms with van der Waals surface area (Å²) < 4.78 is 41.2. The molecule has 0 fully saturated rings. The van der Waals surface area contributed by atoms with E-state index in [1.165, 1.54) is 17.0 Å². The Morgan fingerprint density at radius 3 is 2.53 bits per heavy atom. The van der Waals surface area contributed by atoms with Crippen LogP contribution in [0.2, 0.25) is 5.02 Å². The fourth-order valence-corrected chi connectivity index (χ4v) is 4.02. The SMILES string of the molecule is Cc1ccc(-n2nnc3c2C(C)CN(C(=O)c2cccc(C(F)(F)F)c2Cl)C3)cc1. The van der Waals surface area contributed by atoms with E-state index in [1.54, 1.807) is 4.68 Å². The third-order valence-corrected chi connectivity index (χ3v) is 5.59. The van der Waals surface area contributed by atoms with Gasteiger partial charge in [-0.2, -0.15) is 13.2 Å². The van der Waals surface area contributed by atoms with Crippen LogP contribution < -0.4 is 0 Å². The molecule has 1 atom stereocenters. The van der Waals surface area contributed by atoms with Crippen LogP contribution in [-0.2, 0) is 12.7 Å². The molecule has 3 aromatic rings. The Labute approximate surface area is 176 Å². The number of carbonyl (C=O) groups is 1. The Morgan fingerprint density at radius 1 is 1.17 bits per heavy atom. The van der Waals surface area contributed by atoms with Crippen molar-refractivity contribution in [3.05, 3.63) is 75.6 Å². The predicted molar refractivity (Wildman–Crippen MR) is 106 cm³/mol. The van der Waals surface area contributed by atoms with Gasteiger partial charge in [-0.15, -0.1) is 5.10 Å². The molecule has 1 aliphatic rings. The van der Waals surface area contributed by atoms with Crippen molar-refractivity contribution >= 4 is 17.5 Å². The third-order valence-electron chi connectivity index (χ3n) is 5.18. The molecule has 5 nitrogen and oxygen atoms in total. The minimum Gasteiger partial charge on any atom is -0.332 e. The quantitative estimate of drug-likeness (QED) is 0.570. The van der Waals surface area contributed by atoms with Crippen LogP contribution in [0, 0.1) is 6.92 Å². The van der Waals surface area contributed by atoms with Gasteiger partial charge in [0.15, 0.2) is 0 Å². The van der Waals surface area contributed by atoms with E-state index in [0.717, 1.165) is 23.0 Å². The van der Waals surface area contributed by atoms with Crippen molar-refractivity contribution in [3.8, 4) is 5.69 Å². The predicted octanol–water partition coefficient (Wildman–Crippen LogP) is 5.01. The van der Waals surface area contributed by atoms with E-state index in [4.69, 9.17) is 11.6 Å². The summed E-state index contributed by atoms with van der Waals surface area (Å²) in [5.74, 6) is -0.674. The average Bonchev–Trinajstić information content (AvgIpc) is 3.12. The molecule has 0 radical (unpaired) electrons. The Morgan fingerprint density at radius 2 is 1.87 bits per heavy atom. The van der Waals surface area contributed by atoms with Crippen molar-refractivity contribution < 1.29 is 18.0 Å². The Hall–Kier alpha value is -2.87. The number of halogens is 4. The normalized spacial score (nSPS) is 16.5. The molecule has 1 amide bonds. The maximum absolute atomic E-state index is 13.2. The molecular formula is C21H18ClF3N4O. The maximum atomic E-state index is 13.2. The van der Waals surface area contributed by atoms with Crippen LogP contribution in [0.3, 0.4) is 0 Å². The van der Waals surface area contributed by atoms with Gasteiger partial charge in [0.1, 0.15) is 5.69 Å². The number of hydrogen-bond acceptors (Lipinski definition) is 3. The maximum Gasteiger partial charge on any atom is 0.417 e. The summed E-state index contributed by atoms with van der Waals surface area (Å²) in [4.78, 5) is 14.4. The average molecular weight is 435 g/mol. The van der Waals surface area contributed by atoms with Crippen LogP contribution in [-0.4, -0.2) is 32.3 Å². The molecule has 2 aromatic carbocycles. The highest BCUT2D eigenvalue weighted by Gasteiger charge is 2.37. The summed E-state index contributed by atoms with van der Waals surface area (Å²) in [6.07, 6.45) is -4.63. The molecule has 0 bridgehead atoms. The van der Waals surface area contributed by atoms with E-state index in [2.05, 4.69) is 10.3 Å². The van der Waals surface area contributed by atoms with E-state index in [1.807, 2.05) is 38.1 Å². The zero-order chi connectivity index (χ0) is 21.6. The van der Waals surface area contributed by atoms with Gasteiger partial charge in [0, 0.05) is 12.5 Å². The van der Waals surface area contributed by atoms with E-state index < -0.39 is 22.7 Å². The van der Waals surface area contributed by atoms with Gasteiger partial charge in [-0.3, -0.25) is 4.79 Å². The molecule has 9 heteroatoms. The molecule has 1 aliphatic heterocycles. The molecule has 156 valence electrons. The first-order valence-electron chi connectivity index (χ1n) is 9.33. The minimum absolute atomic E-state index is 0.112. The van der Waals surface area contributed by atoms with Crippen molar-refractivity contribution in [1.29, 1.82) is 0 Å². The molecule has 0 aliphatic carbocycles. The van der Waals surface area contributed by atoms with Gasteiger partial charge in [-0.25, -0.2) is 4.68 Å². The molecule has 2 heterocycles. The van der Waals surface area contributed by atoms with Crippen molar-refractivity contribution in [2.75, 3.05) is 6.54 Å². The summed E-state index contributed by atoms with van der Waals surface area (Å²) in [6, 6.07) is 11.2. The molecule has 0 spiro atoms. The van der Waals surface area contributed by atoms with Crippen LogP contribution in [0.4, 0.5) is 13.2 Å². The van der Waals surface area contributed by atoms with Gasteiger partial charge < -0.3 is 4.90 Å². The molecule has 1 unspecified atom stereocenters. The minimum atomic E-state index is -4.63. The number of benzene rings is 2. The largest absolute Gasteiger partial charge is 0.417 e. The van der Waals surface area contributed by atoms with Crippen LogP contribution in [0.5, 0.6) is 0 Å². The number of aryl methyl sites for hydroxylation is 1. The molecule has 0 saturated carbocycles. The lowest BCUT2D eigenvalue weighted by molar-refractivity contribution is -0.137. The fourth-order valence-electron chi connectivity index (χ4n) is 3.71. The Balaban J connectivity index is 1.65. The van der Waals surface area contributed by atoms with Crippen LogP contribution in [0.25, 0.3) is 5.69 Å². The van der Waals surface area contributed by atoms with Crippen LogP contribution in [0.15, 0.2) is 42.5 Å². The standard InChI is InChI=1S/C21H18ClF3N4O/c1-12-6-8-14(9-7-12)29-19-13(2)10-28(11-17(19)26-27-29)20(30)15-4-3-5-16(18(15)22)21(23,24)25/h3-9,13H,10-11H2,1-2H3. The van der Waals surface area contributed by atoms with Gasteiger partial charge >= 0.3 is 6.18 Å². The molecule has 0 saturated heterocycles. The monoisotopic (exact) mass is 434 g/mol. The van der Waals surface area contributed by atoms with Crippen molar-refractivity contribution in [2.24, 2.45) is 0 Å². The number of carbonyl (C=O) groups excluding carboxylic acids is 1. The van der Waals surface area contributed by atoms with Gasteiger partial charge in [0.25, 0.3) is 5.91 Å². The number of amides is 1. The first-order chi connectivity index (χ1) is 14.2. The Kier molecular flexibility index (Phi) is 5.05. The highest BCUT2D eigenvalue weighted by atomic mass is 35.5. The molecule has 30 heavy (non-hydrogen) atoms. The molecule has 4 rings (SSSR count). The van der Waals surface area contributed by atoms with Gasteiger partial charge in [-0.05, 0) is 31.2 Å². The first-order valence-corrected chi connectivity index (χ1v) is 9.71. The zero-order valence-corrected chi connectivity index (χ0v) is 17.0. The second-order valence-corrected chi connectivity index (χ2v) is 7.80. The lowest BCUT2D eigenvalue weighted by Gasteiger charge is -2.31. The number of fused-ring (bicyclic) bond motifs is 1. The fraction of sp³-hybridized carbons (Fsp3) is 0.286. The zero-order valence-electron chi connectivity index (χ0n) is 16.2. The summed E-state index contributed by atoms with van der Waals surface area (Å²) in [6.45, 7) is 4.39. The van der Waals surface area contributed by atoms with Crippen LogP contribution in [0.1, 0.15) is 45.7 Å². The van der Waals surface area contributed by atoms with E-state index in [-0.39, 0.29) is 18.0 Å². The lowest BCUT2D eigenvalue weighted by atomic mass is 9.98. The van der Waals surface area contributed by atoms with E-state index in [9.17, 15) is 18.0 Å². The highest BCUT2D eigenvalue weighted by Crippen LogP contribution is 2.37. The van der Waals surface area contributed by atoms with E-state index >= 15 is 0 Å². The molecule has 0 N–H and O–H groups in total. The number of rotatable bonds is 2. The number of hydrogen-bond donors (Lipinski definition) is 0. The topological polar surface area (TPSA) is 51.0 Å². The summed E-state index contributed by atoms with van der Waals surface area (Å²) >= 11 is 5.94. The van der Waals surface area contributed by atoms with Gasteiger partial charge in [0.05, 0.1) is 34.1 Å².